The maximum absolute atomic E-state index is 11.6. The molecule has 1 aromatic rings. The summed E-state index contributed by atoms with van der Waals surface area (Å²) in [5, 5.41) is 6.35. The number of rotatable bonds is 6. The topological polar surface area (TPSA) is 69.8 Å². The molecule has 0 aliphatic rings. The summed E-state index contributed by atoms with van der Waals surface area (Å²) in [7, 11) is 0.934. The van der Waals surface area contributed by atoms with Gasteiger partial charge in [0.05, 0.1) is 6.33 Å². The second-order valence-electron chi connectivity index (χ2n) is 3.18. The Morgan fingerprint density at radius 2 is 2.44 bits per heavy atom. The highest BCUT2D eigenvalue weighted by Gasteiger charge is 2.01. The first kappa shape index (κ1) is 13.1. The van der Waals surface area contributed by atoms with Gasteiger partial charge in [0.15, 0.2) is 5.11 Å². The van der Waals surface area contributed by atoms with Crippen LogP contribution in [0.15, 0.2) is 12.5 Å². The summed E-state index contributed by atoms with van der Waals surface area (Å²) < 4.78 is 11.6. The summed E-state index contributed by atoms with van der Waals surface area (Å²) in [5.41, 5.74) is 1.02. The van der Waals surface area contributed by atoms with Crippen LogP contribution in [0.2, 0.25) is 0 Å². The van der Waals surface area contributed by atoms with Crippen molar-refractivity contribution in [1.29, 1.82) is 0 Å². The average Bonchev–Trinajstić information content (AvgIpc) is 2.79. The van der Waals surface area contributed by atoms with Crippen LogP contribution in [-0.4, -0.2) is 44.4 Å². The molecule has 0 bridgehead atoms. The molecule has 0 aliphatic carbocycles. The monoisotopic (exact) mass is 260 g/mol. The van der Waals surface area contributed by atoms with Gasteiger partial charge in [-0.1, -0.05) is 0 Å². The van der Waals surface area contributed by atoms with Gasteiger partial charge >= 0.3 is 0 Å². The molecule has 0 aromatic carbocycles. The number of H-pyrrole nitrogens is 1. The summed E-state index contributed by atoms with van der Waals surface area (Å²) >= 11 is 4.90. The molecule has 7 heteroatoms. The fraction of sp³-hybridized carbons (Fsp3) is 0.556. The first-order valence-corrected chi connectivity index (χ1v) is 6.90. The van der Waals surface area contributed by atoms with E-state index in [1.54, 1.807) is 19.6 Å². The van der Waals surface area contributed by atoms with E-state index in [9.17, 15) is 4.21 Å². The number of aromatic amines is 1. The second-order valence-corrected chi connectivity index (χ2v) is 5.29. The smallest absolute Gasteiger partial charge is 0.166 e. The summed E-state index contributed by atoms with van der Waals surface area (Å²) in [6, 6.07) is 0. The van der Waals surface area contributed by atoms with Crippen LogP contribution >= 0.6 is 12.2 Å². The molecule has 0 amide bonds. The lowest BCUT2D eigenvalue weighted by Crippen LogP contribution is -2.35. The van der Waals surface area contributed by atoms with Gasteiger partial charge in [-0.25, -0.2) is 4.98 Å². The van der Waals surface area contributed by atoms with Crippen LogP contribution in [0.4, 0.5) is 0 Å². The molecule has 1 atom stereocenters. The predicted molar refractivity (Wildman–Crippen MR) is 69.8 cm³/mol. The van der Waals surface area contributed by atoms with Crippen LogP contribution in [0.25, 0.3) is 0 Å². The largest absolute Gasteiger partial charge is 0.366 e. The molecule has 3 N–H and O–H groups in total. The van der Waals surface area contributed by atoms with E-state index in [0.29, 0.717) is 23.2 Å². The molecule has 1 heterocycles. The highest BCUT2D eigenvalue weighted by molar-refractivity contribution is 7.85. The Kier molecular flexibility index (Phi) is 6.02. The molecule has 0 saturated heterocycles. The van der Waals surface area contributed by atoms with E-state index in [-0.39, 0.29) is 0 Å². The van der Waals surface area contributed by atoms with Gasteiger partial charge in [0.25, 0.3) is 0 Å². The van der Waals surface area contributed by atoms with Crippen molar-refractivity contribution in [2.75, 3.05) is 25.1 Å². The maximum atomic E-state index is 11.6. The third-order valence-corrected chi connectivity index (χ3v) is 3.66. The first-order chi connectivity index (χ1) is 7.72. The van der Waals surface area contributed by atoms with Gasteiger partial charge in [-0.15, -0.1) is 0 Å². The molecule has 0 spiro atoms. The lowest BCUT2D eigenvalue weighted by molar-refractivity contribution is 0.680. The van der Waals surface area contributed by atoms with Gasteiger partial charge in [-0.2, -0.15) is 0 Å². The number of imidazole rings is 1. The van der Waals surface area contributed by atoms with Crippen LogP contribution < -0.4 is 10.6 Å². The fourth-order valence-corrected chi connectivity index (χ4v) is 2.20. The van der Waals surface area contributed by atoms with Crippen molar-refractivity contribution in [3.63, 3.8) is 0 Å². The lowest BCUT2D eigenvalue weighted by atomic mass is 10.4. The summed E-state index contributed by atoms with van der Waals surface area (Å²) in [5.74, 6) is 1.26. The Hall–Kier alpha value is -0.950. The minimum Gasteiger partial charge on any atom is -0.366 e. The normalized spacial score (nSPS) is 12.1. The molecule has 0 radical (unpaired) electrons. The van der Waals surface area contributed by atoms with Crippen molar-refractivity contribution in [2.45, 2.75) is 6.42 Å². The number of aryl methyl sites for hydroxylation is 1. The Bertz CT molecular complexity index is 339. The minimum atomic E-state index is -0.821. The van der Waals surface area contributed by atoms with Gasteiger partial charge in [0.1, 0.15) is 0 Å². The van der Waals surface area contributed by atoms with Gasteiger partial charge in [-0.05, 0) is 12.2 Å². The van der Waals surface area contributed by atoms with Crippen molar-refractivity contribution < 1.29 is 4.21 Å². The zero-order valence-electron chi connectivity index (χ0n) is 9.16. The Balaban J connectivity index is 2.09. The maximum Gasteiger partial charge on any atom is 0.166 e. The van der Waals surface area contributed by atoms with Crippen molar-refractivity contribution >= 4 is 28.1 Å². The summed E-state index contributed by atoms with van der Waals surface area (Å²) in [6.45, 7) is 0.634. The highest BCUT2D eigenvalue weighted by atomic mass is 32.2. The van der Waals surface area contributed by atoms with Crippen molar-refractivity contribution in [2.24, 2.45) is 0 Å². The number of thiocarbonyl (C=S) groups is 1. The van der Waals surface area contributed by atoms with Crippen LogP contribution in [0.1, 0.15) is 5.69 Å². The molecular weight excluding hydrogens is 244 g/mol. The molecule has 1 aromatic heterocycles. The zero-order chi connectivity index (χ0) is 11.8. The highest BCUT2D eigenvalue weighted by Crippen LogP contribution is 1.94. The predicted octanol–water partition coefficient (Wildman–Crippen LogP) is -0.205. The number of nitrogens with one attached hydrogen (secondary N) is 3. The fourth-order valence-electron chi connectivity index (χ4n) is 1.11. The SMILES string of the molecule is CNC(=S)NCCS(=O)CCc1cnc[nH]1. The number of hydrogen-bond acceptors (Lipinski definition) is 3. The van der Waals surface area contributed by atoms with E-state index in [1.165, 1.54) is 0 Å². The summed E-state index contributed by atoms with van der Waals surface area (Å²) in [6.07, 6.45) is 4.15. The minimum absolute atomic E-state index is 0.588. The molecular formula is C9H16N4OS2. The summed E-state index contributed by atoms with van der Waals surface area (Å²) in [4.78, 5) is 6.89. The third-order valence-electron chi connectivity index (χ3n) is 2.00. The van der Waals surface area contributed by atoms with Crippen LogP contribution in [0.3, 0.4) is 0 Å². The Morgan fingerprint density at radius 3 is 3.06 bits per heavy atom. The second kappa shape index (κ2) is 7.34. The molecule has 90 valence electrons. The van der Waals surface area contributed by atoms with Crippen LogP contribution in [-0.2, 0) is 17.2 Å². The zero-order valence-corrected chi connectivity index (χ0v) is 10.8. The third kappa shape index (κ3) is 5.22. The van der Waals surface area contributed by atoms with Crippen LogP contribution in [0.5, 0.6) is 0 Å². The lowest BCUT2D eigenvalue weighted by Gasteiger charge is -2.06. The first-order valence-electron chi connectivity index (χ1n) is 5.00. The molecule has 1 unspecified atom stereocenters. The van der Waals surface area contributed by atoms with Crippen LogP contribution in [0, 0.1) is 0 Å². The van der Waals surface area contributed by atoms with Crippen molar-refractivity contribution in [3.05, 3.63) is 18.2 Å². The van der Waals surface area contributed by atoms with E-state index < -0.39 is 10.8 Å². The van der Waals surface area contributed by atoms with Crippen molar-refractivity contribution in [1.82, 2.24) is 20.6 Å². The number of hydrogen-bond donors (Lipinski definition) is 3. The van der Waals surface area contributed by atoms with E-state index in [0.717, 1.165) is 12.1 Å². The molecule has 0 saturated carbocycles. The quantitative estimate of drug-likeness (QED) is 0.618. The molecule has 0 fully saturated rings. The Morgan fingerprint density at radius 1 is 1.62 bits per heavy atom. The van der Waals surface area contributed by atoms with Gasteiger partial charge in [-0.3, -0.25) is 4.21 Å². The number of aromatic nitrogens is 2. The van der Waals surface area contributed by atoms with Crippen molar-refractivity contribution in [3.8, 4) is 0 Å². The Labute approximate surface area is 103 Å². The molecule has 1 rings (SSSR count). The van der Waals surface area contributed by atoms with E-state index in [4.69, 9.17) is 12.2 Å². The van der Waals surface area contributed by atoms with E-state index in [1.807, 2.05) is 0 Å². The standard InChI is InChI=1S/C9H16N4OS2/c1-10-9(15)12-3-5-16(14)4-2-8-6-11-7-13-8/h6-7H,2-5H2,1H3,(H,11,13)(H2,10,12,15). The number of nitrogens with zero attached hydrogens (tertiary/aromatic N) is 1. The molecule has 16 heavy (non-hydrogen) atoms. The van der Waals surface area contributed by atoms with Gasteiger partial charge in [0, 0.05) is 54.2 Å². The van der Waals surface area contributed by atoms with E-state index >= 15 is 0 Å². The molecule has 0 aliphatic heterocycles. The van der Waals surface area contributed by atoms with Gasteiger partial charge in [0.2, 0.25) is 0 Å². The van der Waals surface area contributed by atoms with Gasteiger partial charge < -0.3 is 15.6 Å². The van der Waals surface area contributed by atoms with E-state index in [2.05, 4.69) is 20.6 Å². The molecule has 5 nitrogen and oxygen atoms in total. The average molecular weight is 260 g/mol.